The zero-order chi connectivity index (χ0) is 18.1. The summed E-state index contributed by atoms with van der Waals surface area (Å²) in [4.78, 5) is 23.3. The van der Waals surface area contributed by atoms with Crippen molar-refractivity contribution in [1.29, 1.82) is 0 Å². The summed E-state index contributed by atoms with van der Waals surface area (Å²) in [5, 5.41) is 3.01. The van der Waals surface area contributed by atoms with Crippen molar-refractivity contribution in [3.63, 3.8) is 0 Å². The Morgan fingerprint density at radius 2 is 1.72 bits per heavy atom. The highest BCUT2D eigenvalue weighted by Gasteiger charge is 2.21. The summed E-state index contributed by atoms with van der Waals surface area (Å²) in [6.07, 6.45) is 0.292. The Labute approximate surface area is 150 Å². The van der Waals surface area contributed by atoms with Gasteiger partial charge in [-0.15, -0.1) is 0 Å². The molecule has 6 nitrogen and oxygen atoms in total. The van der Waals surface area contributed by atoms with Crippen molar-refractivity contribution in [2.75, 3.05) is 13.2 Å². The molecule has 2 aromatic rings. The number of rotatable bonds is 8. The van der Waals surface area contributed by atoms with Gasteiger partial charge < -0.3 is 20.5 Å². The van der Waals surface area contributed by atoms with E-state index in [0.717, 1.165) is 5.56 Å². The van der Waals surface area contributed by atoms with E-state index in [1.807, 2.05) is 30.3 Å². The Hall–Kier alpha value is -2.73. The maximum absolute atomic E-state index is 12.2. The smallest absolute Gasteiger partial charge is 0.329 e. The van der Waals surface area contributed by atoms with Gasteiger partial charge in [0.2, 0.25) is 0 Å². The van der Waals surface area contributed by atoms with Crippen molar-refractivity contribution in [3.05, 3.63) is 65.2 Å². The maximum Gasteiger partial charge on any atom is 0.329 e. The molecular weight excluding hydrogens is 344 g/mol. The summed E-state index contributed by atoms with van der Waals surface area (Å²) in [6.45, 7) is 0.231. The number of urea groups is 1. The predicted octanol–water partition coefficient (Wildman–Crippen LogP) is 2.54. The minimum atomic E-state index is -0.851. The third kappa shape index (κ3) is 6.73. The molecule has 25 heavy (non-hydrogen) atoms. The normalized spacial score (nSPS) is 11.4. The van der Waals surface area contributed by atoms with Crippen molar-refractivity contribution in [2.24, 2.45) is 5.73 Å². The van der Waals surface area contributed by atoms with Crippen molar-refractivity contribution < 1.29 is 19.1 Å². The molecule has 0 heterocycles. The van der Waals surface area contributed by atoms with E-state index in [0.29, 0.717) is 17.2 Å². The SMILES string of the molecule is NC(=O)N[C@@H](Cc1ccccc1)C(=O)OCCOc1ccc(Cl)cc1. The fraction of sp³-hybridized carbons (Fsp3) is 0.222. The lowest BCUT2D eigenvalue weighted by atomic mass is 10.1. The van der Waals surface area contributed by atoms with Gasteiger partial charge in [-0.2, -0.15) is 0 Å². The summed E-state index contributed by atoms with van der Waals surface area (Å²) in [6, 6.07) is 14.5. The first-order valence-corrected chi connectivity index (χ1v) is 8.07. The molecule has 0 aromatic heterocycles. The maximum atomic E-state index is 12.2. The van der Waals surface area contributed by atoms with Crippen LogP contribution in [0, 0.1) is 0 Å². The second kappa shape index (κ2) is 9.54. The summed E-state index contributed by atoms with van der Waals surface area (Å²) in [5.74, 6) is 0.0545. The van der Waals surface area contributed by atoms with Crippen LogP contribution >= 0.6 is 11.6 Å². The number of esters is 1. The third-order valence-electron chi connectivity index (χ3n) is 3.29. The lowest BCUT2D eigenvalue weighted by molar-refractivity contribution is -0.146. The molecule has 7 heteroatoms. The first-order chi connectivity index (χ1) is 12.0. The Morgan fingerprint density at radius 1 is 1.04 bits per heavy atom. The predicted molar refractivity (Wildman–Crippen MR) is 94.6 cm³/mol. The topological polar surface area (TPSA) is 90.7 Å². The van der Waals surface area contributed by atoms with Gasteiger partial charge in [-0.25, -0.2) is 9.59 Å². The molecule has 2 amide bonds. The molecule has 0 saturated carbocycles. The van der Waals surface area contributed by atoms with Crippen LogP contribution in [-0.2, 0) is 16.0 Å². The van der Waals surface area contributed by atoms with Gasteiger partial charge in [-0.1, -0.05) is 41.9 Å². The average Bonchev–Trinajstić information content (AvgIpc) is 2.60. The van der Waals surface area contributed by atoms with Crippen molar-refractivity contribution in [2.45, 2.75) is 12.5 Å². The fourth-order valence-corrected chi connectivity index (χ4v) is 2.27. The summed E-state index contributed by atoms with van der Waals surface area (Å²) < 4.78 is 10.6. The molecule has 0 unspecified atom stereocenters. The Bertz CT molecular complexity index is 692. The molecule has 0 spiro atoms. The molecule has 0 aliphatic heterocycles. The minimum absolute atomic E-state index is 0.0488. The lowest BCUT2D eigenvalue weighted by Crippen LogP contribution is -2.46. The number of ether oxygens (including phenoxy) is 2. The van der Waals surface area contributed by atoms with Gasteiger partial charge in [-0.3, -0.25) is 0 Å². The first-order valence-electron chi connectivity index (χ1n) is 7.69. The van der Waals surface area contributed by atoms with E-state index in [1.165, 1.54) is 0 Å². The highest BCUT2D eigenvalue weighted by Crippen LogP contribution is 2.15. The lowest BCUT2D eigenvalue weighted by Gasteiger charge is -2.16. The van der Waals surface area contributed by atoms with Gasteiger partial charge in [0.25, 0.3) is 0 Å². The molecule has 132 valence electrons. The summed E-state index contributed by atoms with van der Waals surface area (Å²) in [7, 11) is 0. The van der Waals surface area contributed by atoms with E-state index in [9.17, 15) is 9.59 Å². The number of hydrogen-bond acceptors (Lipinski definition) is 4. The highest BCUT2D eigenvalue weighted by molar-refractivity contribution is 6.30. The molecule has 2 aromatic carbocycles. The van der Waals surface area contributed by atoms with Gasteiger partial charge in [-0.05, 0) is 29.8 Å². The molecule has 0 bridgehead atoms. The fourth-order valence-electron chi connectivity index (χ4n) is 2.15. The quantitative estimate of drug-likeness (QED) is 0.557. The van der Waals surface area contributed by atoms with E-state index in [1.54, 1.807) is 24.3 Å². The zero-order valence-corrected chi connectivity index (χ0v) is 14.2. The monoisotopic (exact) mass is 362 g/mol. The molecule has 3 N–H and O–H groups in total. The van der Waals surface area contributed by atoms with E-state index in [2.05, 4.69) is 5.32 Å². The summed E-state index contributed by atoms with van der Waals surface area (Å²) >= 11 is 5.79. The standard InChI is InChI=1S/C18H19ClN2O4/c19-14-6-8-15(9-7-14)24-10-11-25-17(22)16(21-18(20)23)12-13-4-2-1-3-5-13/h1-9,16H,10-12H2,(H3,20,21,23)/t16-/m0/s1. The van der Waals surface area contributed by atoms with Crippen LogP contribution in [0.15, 0.2) is 54.6 Å². The van der Waals surface area contributed by atoms with Gasteiger partial charge >= 0.3 is 12.0 Å². The minimum Gasteiger partial charge on any atom is -0.490 e. The molecular formula is C18H19ClN2O4. The number of hydrogen-bond donors (Lipinski definition) is 2. The molecule has 0 saturated heterocycles. The van der Waals surface area contributed by atoms with Crippen LogP contribution in [0.2, 0.25) is 5.02 Å². The van der Waals surface area contributed by atoms with Crippen LogP contribution < -0.4 is 15.8 Å². The Balaban J connectivity index is 1.82. The van der Waals surface area contributed by atoms with Crippen LogP contribution in [0.5, 0.6) is 5.75 Å². The van der Waals surface area contributed by atoms with E-state index in [4.69, 9.17) is 26.8 Å². The number of primary amides is 1. The molecule has 0 aliphatic rings. The number of carbonyl (C=O) groups excluding carboxylic acids is 2. The van der Waals surface area contributed by atoms with E-state index >= 15 is 0 Å². The molecule has 0 fully saturated rings. The Morgan fingerprint density at radius 3 is 2.36 bits per heavy atom. The van der Waals surface area contributed by atoms with E-state index < -0.39 is 18.0 Å². The third-order valence-corrected chi connectivity index (χ3v) is 3.55. The second-order valence-electron chi connectivity index (χ2n) is 5.22. The van der Waals surface area contributed by atoms with Crippen molar-refractivity contribution in [3.8, 4) is 5.75 Å². The molecule has 0 aliphatic carbocycles. The van der Waals surface area contributed by atoms with Crippen LogP contribution in [0.4, 0.5) is 4.79 Å². The number of carbonyl (C=O) groups is 2. The number of amides is 2. The zero-order valence-electron chi connectivity index (χ0n) is 13.5. The number of nitrogens with one attached hydrogen (secondary N) is 1. The first kappa shape index (κ1) is 18.6. The largest absolute Gasteiger partial charge is 0.490 e. The number of halogens is 1. The molecule has 1 atom stereocenters. The van der Waals surface area contributed by atoms with Crippen molar-refractivity contribution >= 4 is 23.6 Å². The number of nitrogens with two attached hydrogens (primary N) is 1. The average molecular weight is 363 g/mol. The van der Waals surface area contributed by atoms with Gasteiger partial charge in [0.05, 0.1) is 0 Å². The van der Waals surface area contributed by atoms with Gasteiger partial charge in [0, 0.05) is 11.4 Å². The van der Waals surface area contributed by atoms with Crippen LogP contribution in [0.3, 0.4) is 0 Å². The highest BCUT2D eigenvalue weighted by atomic mass is 35.5. The Kier molecular flexibility index (Phi) is 7.10. The van der Waals surface area contributed by atoms with Crippen LogP contribution in [0.1, 0.15) is 5.56 Å². The van der Waals surface area contributed by atoms with Gasteiger partial charge in [0.15, 0.2) is 0 Å². The summed E-state index contributed by atoms with van der Waals surface area (Å²) in [5.41, 5.74) is 6.02. The number of benzene rings is 2. The molecule has 2 rings (SSSR count). The molecule has 0 radical (unpaired) electrons. The van der Waals surface area contributed by atoms with Gasteiger partial charge in [0.1, 0.15) is 25.0 Å². The second-order valence-corrected chi connectivity index (χ2v) is 5.66. The van der Waals surface area contributed by atoms with Crippen LogP contribution in [-0.4, -0.2) is 31.3 Å². The van der Waals surface area contributed by atoms with Crippen molar-refractivity contribution in [1.82, 2.24) is 5.32 Å². The van der Waals surface area contributed by atoms with E-state index in [-0.39, 0.29) is 13.2 Å². The van der Waals surface area contributed by atoms with Crippen LogP contribution in [0.25, 0.3) is 0 Å².